The van der Waals surface area contributed by atoms with Crippen LogP contribution in [0.1, 0.15) is 17.5 Å². The fourth-order valence-corrected chi connectivity index (χ4v) is 2.15. The number of hydrogen-bond donors (Lipinski definition) is 3. The molecule has 2 rings (SSSR count). The van der Waals surface area contributed by atoms with Gasteiger partial charge in [-0.3, -0.25) is 9.59 Å². The van der Waals surface area contributed by atoms with Gasteiger partial charge in [-0.05, 0) is 36.1 Å². The smallest absolute Gasteiger partial charge is 0.313 e. The van der Waals surface area contributed by atoms with E-state index in [0.717, 1.165) is 12.8 Å². The van der Waals surface area contributed by atoms with Crippen LogP contribution in [0.15, 0.2) is 54.6 Å². The van der Waals surface area contributed by atoms with E-state index in [0.29, 0.717) is 17.8 Å². The lowest BCUT2D eigenvalue weighted by Gasteiger charge is -2.07. The van der Waals surface area contributed by atoms with Crippen molar-refractivity contribution < 1.29 is 14.7 Å². The predicted octanol–water partition coefficient (Wildman–Crippen LogP) is 1.87. The lowest BCUT2D eigenvalue weighted by atomic mass is 10.1. The number of aliphatic hydroxyl groups is 1. The minimum absolute atomic E-state index is 0.116. The number of aryl methyl sites for hydroxylation is 1. The number of aliphatic hydroxyl groups excluding tert-OH is 1. The van der Waals surface area contributed by atoms with E-state index in [1.807, 2.05) is 30.3 Å². The Hall–Kier alpha value is -2.66. The first-order chi connectivity index (χ1) is 11.2. The monoisotopic (exact) mass is 312 g/mol. The summed E-state index contributed by atoms with van der Waals surface area (Å²) in [6, 6.07) is 16.7. The van der Waals surface area contributed by atoms with Crippen LogP contribution in [0.25, 0.3) is 0 Å². The van der Waals surface area contributed by atoms with Gasteiger partial charge in [0, 0.05) is 12.2 Å². The molecule has 0 aliphatic heterocycles. The predicted molar refractivity (Wildman–Crippen MR) is 88.8 cm³/mol. The average molecular weight is 312 g/mol. The van der Waals surface area contributed by atoms with E-state index < -0.39 is 11.8 Å². The molecule has 0 fully saturated rings. The van der Waals surface area contributed by atoms with Crippen molar-refractivity contribution in [1.29, 1.82) is 0 Å². The SMILES string of the molecule is O=C(NCCCc1ccccc1)C(=O)Nc1cccc(CO)c1. The summed E-state index contributed by atoms with van der Waals surface area (Å²) in [6.45, 7) is 0.327. The highest BCUT2D eigenvalue weighted by Gasteiger charge is 2.12. The van der Waals surface area contributed by atoms with Crippen LogP contribution in [0.2, 0.25) is 0 Å². The maximum absolute atomic E-state index is 11.8. The number of rotatable bonds is 6. The molecule has 0 unspecified atom stereocenters. The van der Waals surface area contributed by atoms with Crippen LogP contribution in [0, 0.1) is 0 Å². The molecule has 2 aromatic rings. The topological polar surface area (TPSA) is 78.4 Å². The molecule has 3 N–H and O–H groups in total. The van der Waals surface area contributed by atoms with Gasteiger partial charge in [0.25, 0.3) is 0 Å². The lowest BCUT2D eigenvalue weighted by Crippen LogP contribution is -2.36. The fraction of sp³-hybridized carbons (Fsp3) is 0.222. The third-order valence-corrected chi connectivity index (χ3v) is 3.34. The molecule has 0 radical (unpaired) electrons. The highest BCUT2D eigenvalue weighted by molar-refractivity contribution is 6.39. The van der Waals surface area contributed by atoms with Crippen molar-refractivity contribution in [2.75, 3.05) is 11.9 Å². The minimum Gasteiger partial charge on any atom is -0.392 e. The molecule has 0 aliphatic rings. The Morgan fingerprint density at radius 3 is 2.39 bits per heavy atom. The van der Waals surface area contributed by atoms with Gasteiger partial charge in [-0.1, -0.05) is 42.5 Å². The number of benzene rings is 2. The summed E-state index contributed by atoms with van der Waals surface area (Å²) in [4.78, 5) is 23.5. The van der Waals surface area contributed by atoms with Crippen molar-refractivity contribution in [3.63, 3.8) is 0 Å². The largest absolute Gasteiger partial charge is 0.392 e. The maximum Gasteiger partial charge on any atom is 0.313 e. The summed E-state index contributed by atoms with van der Waals surface area (Å²) in [5.74, 6) is -1.37. The van der Waals surface area contributed by atoms with Crippen molar-refractivity contribution >= 4 is 17.5 Å². The van der Waals surface area contributed by atoms with Crippen molar-refractivity contribution in [3.05, 3.63) is 65.7 Å². The average Bonchev–Trinajstić information content (AvgIpc) is 2.59. The standard InChI is InChI=1S/C18H20N2O3/c21-13-15-8-4-10-16(12-15)20-18(23)17(22)19-11-5-9-14-6-2-1-3-7-14/h1-4,6-8,10,12,21H,5,9,11,13H2,(H,19,22)(H,20,23). The van der Waals surface area contributed by atoms with Crippen LogP contribution in [0.5, 0.6) is 0 Å². The Kier molecular flexibility index (Phi) is 6.32. The normalized spacial score (nSPS) is 10.1. The summed E-state index contributed by atoms with van der Waals surface area (Å²) in [7, 11) is 0. The quantitative estimate of drug-likeness (QED) is 0.563. The Labute approximate surface area is 135 Å². The fourth-order valence-electron chi connectivity index (χ4n) is 2.15. The van der Waals surface area contributed by atoms with E-state index in [9.17, 15) is 9.59 Å². The molecule has 23 heavy (non-hydrogen) atoms. The molecule has 2 amide bonds. The molecule has 2 aromatic carbocycles. The number of carbonyl (C=O) groups is 2. The van der Waals surface area contributed by atoms with Crippen LogP contribution < -0.4 is 10.6 Å². The van der Waals surface area contributed by atoms with Crippen molar-refractivity contribution in [3.8, 4) is 0 Å². The molecule has 0 atom stereocenters. The number of amides is 2. The third kappa shape index (κ3) is 5.56. The van der Waals surface area contributed by atoms with Crippen molar-refractivity contribution in [1.82, 2.24) is 5.32 Å². The molecular weight excluding hydrogens is 292 g/mol. The first-order valence-electron chi connectivity index (χ1n) is 7.52. The molecule has 0 saturated heterocycles. The first-order valence-corrected chi connectivity index (χ1v) is 7.52. The molecule has 0 aliphatic carbocycles. The van der Waals surface area contributed by atoms with Gasteiger partial charge in [0.15, 0.2) is 0 Å². The van der Waals surface area contributed by atoms with Crippen LogP contribution in [-0.4, -0.2) is 23.5 Å². The summed E-state index contributed by atoms with van der Waals surface area (Å²) < 4.78 is 0. The number of anilines is 1. The van der Waals surface area contributed by atoms with E-state index in [2.05, 4.69) is 10.6 Å². The lowest BCUT2D eigenvalue weighted by molar-refractivity contribution is -0.136. The molecular formula is C18H20N2O3. The Balaban J connectivity index is 1.73. The number of hydrogen-bond acceptors (Lipinski definition) is 3. The summed E-state index contributed by atoms with van der Waals surface area (Å²) in [5.41, 5.74) is 2.36. The zero-order chi connectivity index (χ0) is 16.5. The summed E-state index contributed by atoms with van der Waals surface area (Å²) in [6.07, 6.45) is 1.62. The zero-order valence-electron chi connectivity index (χ0n) is 12.8. The Morgan fingerprint density at radius 2 is 1.65 bits per heavy atom. The molecule has 0 heterocycles. The minimum atomic E-state index is -0.709. The molecule has 120 valence electrons. The molecule has 0 bridgehead atoms. The molecule has 0 aromatic heterocycles. The summed E-state index contributed by atoms with van der Waals surface area (Å²) >= 11 is 0. The number of nitrogens with one attached hydrogen (secondary N) is 2. The second-order valence-corrected chi connectivity index (χ2v) is 5.16. The van der Waals surface area contributed by atoms with Crippen LogP contribution in [0.4, 0.5) is 5.69 Å². The van der Waals surface area contributed by atoms with Gasteiger partial charge in [0.1, 0.15) is 0 Å². The van der Waals surface area contributed by atoms with Gasteiger partial charge in [-0.15, -0.1) is 0 Å². The van der Waals surface area contributed by atoms with Crippen LogP contribution >= 0.6 is 0 Å². The highest BCUT2D eigenvalue weighted by Crippen LogP contribution is 2.10. The van der Waals surface area contributed by atoms with E-state index in [-0.39, 0.29) is 6.61 Å². The van der Waals surface area contributed by atoms with Gasteiger partial charge in [-0.25, -0.2) is 0 Å². The molecule has 5 heteroatoms. The van der Waals surface area contributed by atoms with Gasteiger partial charge < -0.3 is 15.7 Å². The van der Waals surface area contributed by atoms with Gasteiger partial charge in [0.05, 0.1) is 6.61 Å². The van der Waals surface area contributed by atoms with Crippen molar-refractivity contribution in [2.45, 2.75) is 19.4 Å². The maximum atomic E-state index is 11.8. The molecule has 5 nitrogen and oxygen atoms in total. The zero-order valence-corrected chi connectivity index (χ0v) is 12.8. The second-order valence-electron chi connectivity index (χ2n) is 5.16. The van der Waals surface area contributed by atoms with Crippen LogP contribution in [-0.2, 0) is 22.6 Å². The highest BCUT2D eigenvalue weighted by atomic mass is 16.3. The first kappa shape index (κ1) is 16.7. The van der Waals surface area contributed by atoms with Gasteiger partial charge >= 0.3 is 11.8 Å². The Morgan fingerprint density at radius 1 is 0.913 bits per heavy atom. The Bertz CT molecular complexity index is 656. The van der Waals surface area contributed by atoms with E-state index in [1.54, 1.807) is 24.3 Å². The molecule has 0 saturated carbocycles. The van der Waals surface area contributed by atoms with Gasteiger partial charge in [-0.2, -0.15) is 0 Å². The summed E-state index contributed by atoms with van der Waals surface area (Å²) in [5, 5.41) is 14.2. The second kappa shape index (κ2) is 8.70. The van der Waals surface area contributed by atoms with E-state index in [4.69, 9.17) is 5.11 Å². The van der Waals surface area contributed by atoms with E-state index >= 15 is 0 Å². The molecule has 0 spiro atoms. The van der Waals surface area contributed by atoms with E-state index in [1.165, 1.54) is 5.56 Å². The van der Waals surface area contributed by atoms with Crippen molar-refractivity contribution in [2.24, 2.45) is 0 Å². The number of carbonyl (C=O) groups excluding carboxylic acids is 2. The van der Waals surface area contributed by atoms with Gasteiger partial charge in [0.2, 0.25) is 0 Å². The van der Waals surface area contributed by atoms with Crippen LogP contribution in [0.3, 0.4) is 0 Å². The third-order valence-electron chi connectivity index (χ3n) is 3.34.